The number of hydrogen-bond acceptors (Lipinski definition) is 12. The number of fused-ring (bicyclic) bond motifs is 5. The largest absolute Gasteiger partial charge is 0.457 e. The molecule has 1 aliphatic carbocycles. The predicted octanol–water partition coefficient (Wildman–Crippen LogP) is 7.45. The van der Waals surface area contributed by atoms with Crippen LogP contribution < -0.4 is 5.73 Å². The minimum atomic E-state index is -0.898. The summed E-state index contributed by atoms with van der Waals surface area (Å²) < 4.78 is 28.7. The van der Waals surface area contributed by atoms with Gasteiger partial charge in [0.1, 0.15) is 24.7 Å². The summed E-state index contributed by atoms with van der Waals surface area (Å²) in [5.74, 6) is -0.121. The maximum absolute atomic E-state index is 13.4. The third kappa shape index (κ3) is 13.3. The summed E-state index contributed by atoms with van der Waals surface area (Å²) in [6.07, 6.45) is 31.1. The summed E-state index contributed by atoms with van der Waals surface area (Å²) in [6, 6.07) is 0. The van der Waals surface area contributed by atoms with Crippen molar-refractivity contribution in [1.29, 1.82) is 0 Å². The molecular weight excluding hydrogens is 727 g/mol. The molecule has 3 heterocycles. The Labute approximate surface area is 336 Å². The molecule has 12 heteroatoms. The van der Waals surface area contributed by atoms with E-state index in [0.29, 0.717) is 43.5 Å². The molecule has 57 heavy (non-hydrogen) atoms. The smallest absolute Gasteiger partial charge is 0.360 e. The molecule has 4 bridgehead atoms. The molecule has 0 radical (unpaired) electrons. The first kappa shape index (κ1) is 44.8. The van der Waals surface area contributed by atoms with Gasteiger partial charge in [-0.05, 0) is 38.1 Å². The van der Waals surface area contributed by atoms with E-state index in [9.17, 15) is 19.8 Å². The van der Waals surface area contributed by atoms with E-state index in [4.69, 9.17) is 28.8 Å². The van der Waals surface area contributed by atoms with Gasteiger partial charge in [0.25, 0.3) is 0 Å². The molecule has 4 rings (SSSR count). The van der Waals surface area contributed by atoms with Crippen molar-refractivity contribution in [3.05, 3.63) is 127 Å². The van der Waals surface area contributed by atoms with Crippen molar-refractivity contribution in [3.63, 3.8) is 0 Å². The maximum atomic E-state index is 13.4. The maximum Gasteiger partial charge on any atom is 0.360 e. The molecule has 0 amide bonds. The average molecular weight is 786 g/mol. The summed E-state index contributed by atoms with van der Waals surface area (Å²) in [5.41, 5.74) is 4.02. The van der Waals surface area contributed by atoms with Gasteiger partial charge in [-0.15, -0.1) is 0 Å². The van der Waals surface area contributed by atoms with Crippen LogP contribution in [-0.4, -0.2) is 76.3 Å². The average Bonchev–Trinajstić information content (AvgIpc) is 3.50. The van der Waals surface area contributed by atoms with Crippen molar-refractivity contribution >= 4 is 18.0 Å². The lowest BCUT2D eigenvalue weighted by Gasteiger charge is -2.36. The summed E-state index contributed by atoms with van der Waals surface area (Å²) in [6.45, 7) is 9.69. The predicted molar refractivity (Wildman–Crippen MR) is 219 cm³/mol. The summed E-state index contributed by atoms with van der Waals surface area (Å²) >= 11 is 0. The van der Waals surface area contributed by atoms with E-state index in [0.717, 1.165) is 6.42 Å². The van der Waals surface area contributed by atoms with Gasteiger partial charge in [0, 0.05) is 36.9 Å². The number of allylic oxidation sites excluding steroid dienone is 9. The Balaban J connectivity index is 1.58. The molecule has 1 aliphatic heterocycles. The van der Waals surface area contributed by atoms with Gasteiger partial charge in [0.2, 0.25) is 5.89 Å². The van der Waals surface area contributed by atoms with E-state index < -0.39 is 53.3 Å². The van der Waals surface area contributed by atoms with Crippen LogP contribution in [0, 0.1) is 22.7 Å². The Bertz CT molecular complexity index is 1840. The van der Waals surface area contributed by atoms with E-state index in [2.05, 4.69) is 22.1 Å². The van der Waals surface area contributed by atoms with Crippen LogP contribution in [0.15, 0.2) is 113 Å². The van der Waals surface area contributed by atoms with Gasteiger partial charge < -0.3 is 39.0 Å². The standard InChI is InChI=1S/C45H59N3O9/c1-7-18-36(49)44(2,3)38-23-12-10-8-9-11-21-33(53-6)28-41-48-35(30-55-41)43(52)57-39(45(4,5)37(50)22-15-16-26-46)24-17-20-32-27-31(32)19-13-14-25-40-47-34(29-54-40)42(51)56-38/h7-15,17-22,25,29-33,36-39,49-50H,16,23-24,26-28,46H2,1-6H3/b9-8-,12-10-,18-7+,19-13+,20-17-,21-11+,22-15+,25-14-/t31-,32+,33+,36+,37+,38+,39+/m1/s1. The third-order valence-electron chi connectivity index (χ3n) is 10.4. The molecule has 2 aliphatic rings. The minimum Gasteiger partial charge on any atom is -0.457 e. The van der Waals surface area contributed by atoms with Crippen LogP contribution in [0.1, 0.15) is 93.1 Å². The molecule has 2 aromatic heterocycles. The number of methoxy groups -OCH3 is 1. The molecule has 4 N–H and O–H groups in total. The van der Waals surface area contributed by atoms with Crippen LogP contribution in [0.3, 0.4) is 0 Å². The molecule has 308 valence electrons. The van der Waals surface area contributed by atoms with E-state index in [1.807, 2.05) is 89.3 Å². The van der Waals surface area contributed by atoms with Crippen LogP contribution in [0.5, 0.6) is 0 Å². The van der Waals surface area contributed by atoms with Crippen molar-refractivity contribution in [1.82, 2.24) is 9.97 Å². The lowest BCUT2D eigenvalue weighted by Crippen LogP contribution is -2.42. The third-order valence-corrected chi connectivity index (χ3v) is 10.4. The van der Waals surface area contributed by atoms with Gasteiger partial charge in [-0.2, -0.15) is 0 Å². The number of hydrogen-bond donors (Lipinski definition) is 3. The number of ether oxygens (including phenoxy) is 3. The van der Waals surface area contributed by atoms with E-state index in [1.54, 1.807) is 37.5 Å². The zero-order valence-corrected chi connectivity index (χ0v) is 33.9. The highest BCUT2D eigenvalue weighted by molar-refractivity contribution is 5.87. The monoisotopic (exact) mass is 785 g/mol. The van der Waals surface area contributed by atoms with Gasteiger partial charge in [0.05, 0.1) is 24.7 Å². The second-order valence-electron chi connectivity index (χ2n) is 15.4. The second kappa shape index (κ2) is 21.6. The Morgan fingerprint density at radius 1 is 0.825 bits per heavy atom. The number of aliphatic hydroxyl groups is 2. The zero-order valence-electron chi connectivity index (χ0n) is 33.9. The normalized spacial score (nSPS) is 27.7. The fraction of sp³-hybridized carbons (Fsp3) is 0.467. The molecular formula is C45H59N3O9. The quantitative estimate of drug-likeness (QED) is 0.169. The number of aromatic nitrogens is 2. The number of carbonyl (C=O) groups excluding carboxylic acids is 2. The number of rotatable bonds is 9. The van der Waals surface area contributed by atoms with Crippen molar-refractivity contribution in [2.75, 3.05) is 13.7 Å². The number of cyclic esters (lactones) is 2. The van der Waals surface area contributed by atoms with Gasteiger partial charge >= 0.3 is 11.9 Å². The van der Waals surface area contributed by atoms with Crippen molar-refractivity contribution in [2.45, 2.75) is 97.2 Å². The molecule has 0 saturated heterocycles. The first-order valence-corrected chi connectivity index (χ1v) is 19.5. The van der Waals surface area contributed by atoms with Crippen LogP contribution in [0.2, 0.25) is 0 Å². The molecule has 1 saturated carbocycles. The number of nitrogens with two attached hydrogens (primary N) is 1. The highest BCUT2D eigenvalue weighted by Crippen LogP contribution is 2.41. The molecule has 7 atom stereocenters. The van der Waals surface area contributed by atoms with Crippen LogP contribution in [0.25, 0.3) is 6.08 Å². The van der Waals surface area contributed by atoms with Crippen LogP contribution in [0.4, 0.5) is 0 Å². The molecule has 0 spiro atoms. The fourth-order valence-corrected chi connectivity index (χ4v) is 6.12. The molecule has 2 aromatic rings. The Hall–Kier alpha value is -4.88. The minimum absolute atomic E-state index is 0.0262. The lowest BCUT2D eigenvalue weighted by molar-refractivity contribution is -0.0461. The number of esters is 2. The molecule has 0 unspecified atom stereocenters. The SMILES string of the molecule is C/C=C/[C@H](O)C(C)(C)[C@@H]1C\C=C/C=C\C=C\[C@H](OC)Cc2nc(co2)C(=O)O[C@H](C(C)(C)[C@@H](O)/C=C/CCN)C/C=C\[C@H]2C[C@H]2/C=C/C=C\c2nc(co2)C(=O)O1. The first-order valence-electron chi connectivity index (χ1n) is 19.5. The number of nitrogens with zero attached hydrogens (tertiary/aromatic N) is 2. The topological polar surface area (TPSA) is 180 Å². The zero-order chi connectivity index (χ0) is 41.4. The Kier molecular flexibility index (Phi) is 17.0. The van der Waals surface area contributed by atoms with E-state index >= 15 is 0 Å². The van der Waals surface area contributed by atoms with Crippen LogP contribution >= 0.6 is 0 Å². The summed E-state index contributed by atoms with van der Waals surface area (Å²) in [4.78, 5) is 35.4. The Morgan fingerprint density at radius 2 is 1.44 bits per heavy atom. The van der Waals surface area contributed by atoms with Crippen LogP contribution in [-0.2, 0) is 20.6 Å². The van der Waals surface area contributed by atoms with Gasteiger partial charge in [-0.3, -0.25) is 0 Å². The highest BCUT2D eigenvalue weighted by Gasteiger charge is 2.40. The van der Waals surface area contributed by atoms with Gasteiger partial charge in [-0.1, -0.05) is 119 Å². The molecule has 0 aromatic carbocycles. The molecule has 1 fully saturated rings. The van der Waals surface area contributed by atoms with Gasteiger partial charge in [-0.25, -0.2) is 19.6 Å². The first-order chi connectivity index (χ1) is 27.3. The highest BCUT2D eigenvalue weighted by atomic mass is 16.6. The van der Waals surface area contributed by atoms with Crippen molar-refractivity contribution < 1.29 is 42.8 Å². The van der Waals surface area contributed by atoms with Crippen molar-refractivity contribution in [2.24, 2.45) is 28.4 Å². The second-order valence-corrected chi connectivity index (χ2v) is 15.4. The van der Waals surface area contributed by atoms with E-state index in [1.165, 1.54) is 12.5 Å². The lowest BCUT2D eigenvalue weighted by atomic mass is 9.78. The fourth-order valence-electron chi connectivity index (χ4n) is 6.12. The number of aliphatic hydroxyl groups excluding tert-OH is 2. The van der Waals surface area contributed by atoms with E-state index in [-0.39, 0.29) is 23.7 Å². The summed E-state index contributed by atoms with van der Waals surface area (Å²) in [7, 11) is 1.57. The number of oxazole rings is 2. The molecule has 12 nitrogen and oxygen atoms in total. The van der Waals surface area contributed by atoms with Gasteiger partial charge in [0.15, 0.2) is 17.3 Å². The Morgan fingerprint density at radius 3 is 2.12 bits per heavy atom. The van der Waals surface area contributed by atoms with Crippen molar-refractivity contribution in [3.8, 4) is 0 Å². The summed E-state index contributed by atoms with van der Waals surface area (Å²) in [5, 5.41) is 22.0. The number of carbonyl (C=O) groups is 2.